The molecule has 3 N–H and O–H groups in total. The lowest BCUT2D eigenvalue weighted by Crippen LogP contribution is -2.26. The molecule has 4 rings (SSSR count). The van der Waals surface area contributed by atoms with Crippen LogP contribution < -0.4 is 10.6 Å². The van der Waals surface area contributed by atoms with E-state index in [-0.39, 0.29) is 23.5 Å². The van der Waals surface area contributed by atoms with Gasteiger partial charge in [-0.3, -0.25) is 19.7 Å². The van der Waals surface area contributed by atoms with E-state index in [1.165, 1.54) is 0 Å². The van der Waals surface area contributed by atoms with Gasteiger partial charge in [0.05, 0.1) is 27.8 Å². The molecule has 0 unspecified atom stereocenters. The van der Waals surface area contributed by atoms with E-state index in [1.807, 2.05) is 37.3 Å². The Hall–Kier alpha value is -4.20. The zero-order chi connectivity index (χ0) is 23.0. The standard InChI is InChI=1S/C24H22N4O4/c1-13-21(25-15(3)22(13)28(31)32)12-19-18-11-17(9-10-20(18)27-24(19)30)23(29)26-14(2)16-7-5-4-6-8-16/h4-12,14,25H,1-3H3,(H,26,29)(H,27,30)/b19-12-/t14-/m1/s1. The second kappa shape index (κ2) is 8.14. The van der Waals surface area contributed by atoms with Gasteiger partial charge in [0, 0.05) is 22.5 Å². The smallest absolute Gasteiger partial charge is 0.293 e. The number of nitro groups is 1. The van der Waals surface area contributed by atoms with Crippen LogP contribution >= 0.6 is 0 Å². The Bertz CT molecular complexity index is 1270. The van der Waals surface area contributed by atoms with Crippen LogP contribution in [-0.2, 0) is 4.79 Å². The molecule has 0 bridgehead atoms. The first-order valence-electron chi connectivity index (χ1n) is 10.1. The summed E-state index contributed by atoms with van der Waals surface area (Å²) >= 11 is 0. The van der Waals surface area contributed by atoms with Gasteiger partial charge in [0.2, 0.25) is 0 Å². The number of amides is 2. The number of aryl methyl sites for hydroxylation is 1. The number of fused-ring (bicyclic) bond motifs is 1. The van der Waals surface area contributed by atoms with Gasteiger partial charge in [0.1, 0.15) is 0 Å². The highest BCUT2D eigenvalue weighted by molar-refractivity contribution is 6.35. The largest absolute Gasteiger partial charge is 0.353 e. The molecule has 2 aromatic carbocycles. The molecule has 32 heavy (non-hydrogen) atoms. The number of carbonyl (C=O) groups excluding carboxylic acids is 2. The van der Waals surface area contributed by atoms with E-state index in [9.17, 15) is 19.7 Å². The maximum Gasteiger partial charge on any atom is 0.293 e. The molecule has 3 aromatic rings. The maximum absolute atomic E-state index is 12.8. The van der Waals surface area contributed by atoms with Crippen LogP contribution in [0.1, 0.15) is 51.4 Å². The van der Waals surface area contributed by atoms with Crippen molar-refractivity contribution in [3.05, 3.63) is 92.3 Å². The fraction of sp³-hybridized carbons (Fsp3) is 0.167. The van der Waals surface area contributed by atoms with E-state index in [4.69, 9.17) is 0 Å². The van der Waals surface area contributed by atoms with Gasteiger partial charge >= 0.3 is 0 Å². The Morgan fingerprint density at radius 3 is 2.53 bits per heavy atom. The van der Waals surface area contributed by atoms with E-state index >= 15 is 0 Å². The monoisotopic (exact) mass is 430 g/mol. The van der Waals surface area contributed by atoms with Crippen LogP contribution in [-0.4, -0.2) is 21.7 Å². The minimum absolute atomic E-state index is 0.00138. The predicted octanol–water partition coefficient (Wildman–Crippen LogP) is 4.52. The molecule has 0 saturated carbocycles. The molecule has 2 amide bonds. The van der Waals surface area contributed by atoms with Crippen LogP contribution in [0.15, 0.2) is 48.5 Å². The van der Waals surface area contributed by atoms with Gasteiger partial charge in [-0.15, -0.1) is 0 Å². The Balaban J connectivity index is 1.66. The molecule has 0 radical (unpaired) electrons. The van der Waals surface area contributed by atoms with Crippen LogP contribution in [0.2, 0.25) is 0 Å². The highest BCUT2D eigenvalue weighted by Crippen LogP contribution is 2.36. The van der Waals surface area contributed by atoms with Gasteiger partial charge in [0.15, 0.2) is 0 Å². The number of hydrogen-bond acceptors (Lipinski definition) is 4. The summed E-state index contributed by atoms with van der Waals surface area (Å²) in [4.78, 5) is 39.3. The van der Waals surface area contributed by atoms with Crippen LogP contribution in [0.4, 0.5) is 11.4 Å². The summed E-state index contributed by atoms with van der Waals surface area (Å²) in [6, 6.07) is 14.4. The summed E-state index contributed by atoms with van der Waals surface area (Å²) in [5.74, 6) is -0.588. The first-order valence-corrected chi connectivity index (χ1v) is 10.1. The molecule has 8 nitrogen and oxygen atoms in total. The summed E-state index contributed by atoms with van der Waals surface area (Å²) in [6.45, 7) is 5.16. The maximum atomic E-state index is 12.8. The van der Waals surface area contributed by atoms with Gasteiger partial charge < -0.3 is 15.6 Å². The molecular weight excluding hydrogens is 408 g/mol. The van der Waals surface area contributed by atoms with Gasteiger partial charge in [-0.05, 0) is 50.6 Å². The molecule has 1 aliphatic rings. The van der Waals surface area contributed by atoms with Crippen molar-refractivity contribution in [2.45, 2.75) is 26.8 Å². The first-order chi connectivity index (χ1) is 15.3. The molecule has 0 fully saturated rings. The van der Waals surface area contributed by atoms with Crippen molar-refractivity contribution in [3.8, 4) is 0 Å². The summed E-state index contributed by atoms with van der Waals surface area (Å²) in [5.41, 5.74) is 4.25. The first kappa shape index (κ1) is 21.0. The number of H-pyrrole nitrogens is 1. The Morgan fingerprint density at radius 1 is 1.16 bits per heavy atom. The quantitative estimate of drug-likeness (QED) is 0.313. The average Bonchev–Trinajstić information content (AvgIpc) is 3.23. The number of nitrogens with zero attached hydrogens (tertiary/aromatic N) is 1. The zero-order valence-corrected chi connectivity index (χ0v) is 17.9. The minimum Gasteiger partial charge on any atom is -0.353 e. The summed E-state index contributed by atoms with van der Waals surface area (Å²) in [7, 11) is 0. The van der Waals surface area contributed by atoms with Crippen LogP contribution in [0.5, 0.6) is 0 Å². The molecule has 1 aliphatic heterocycles. The number of benzene rings is 2. The Labute approximate surface area is 184 Å². The second-order valence-corrected chi connectivity index (χ2v) is 7.77. The summed E-state index contributed by atoms with van der Waals surface area (Å²) < 4.78 is 0. The Morgan fingerprint density at radius 2 is 1.88 bits per heavy atom. The van der Waals surface area contributed by atoms with E-state index in [0.29, 0.717) is 39.3 Å². The van der Waals surface area contributed by atoms with Crippen LogP contribution in [0.25, 0.3) is 11.6 Å². The van der Waals surface area contributed by atoms with Crippen LogP contribution in [0, 0.1) is 24.0 Å². The van der Waals surface area contributed by atoms with E-state index in [2.05, 4.69) is 15.6 Å². The molecule has 1 atom stereocenters. The molecule has 162 valence electrons. The van der Waals surface area contributed by atoms with E-state index in [0.717, 1.165) is 5.56 Å². The molecule has 0 aliphatic carbocycles. The van der Waals surface area contributed by atoms with Gasteiger partial charge in [-0.2, -0.15) is 0 Å². The number of nitrogens with one attached hydrogen (secondary N) is 3. The van der Waals surface area contributed by atoms with Gasteiger partial charge in [0.25, 0.3) is 17.5 Å². The highest BCUT2D eigenvalue weighted by Gasteiger charge is 2.27. The molecule has 0 saturated heterocycles. The molecule has 1 aromatic heterocycles. The number of carbonyl (C=O) groups is 2. The van der Waals surface area contributed by atoms with Crippen molar-refractivity contribution >= 4 is 34.8 Å². The third-order valence-electron chi connectivity index (χ3n) is 5.62. The molecular formula is C24H22N4O4. The number of anilines is 1. The lowest BCUT2D eigenvalue weighted by atomic mass is 10.0. The SMILES string of the molecule is Cc1[nH]c(/C=C2\C(=O)Nc3ccc(C(=O)N[C@H](C)c4ccccc4)cc32)c(C)c1[N+](=O)[O-]. The van der Waals surface area contributed by atoms with Crippen molar-refractivity contribution in [1.82, 2.24) is 10.3 Å². The number of aromatic amines is 1. The second-order valence-electron chi connectivity index (χ2n) is 7.77. The summed E-state index contributed by atoms with van der Waals surface area (Å²) in [5, 5.41) is 17.1. The lowest BCUT2D eigenvalue weighted by molar-refractivity contribution is -0.385. The van der Waals surface area contributed by atoms with Gasteiger partial charge in [-0.1, -0.05) is 30.3 Å². The van der Waals surface area contributed by atoms with Crippen molar-refractivity contribution in [3.63, 3.8) is 0 Å². The van der Waals surface area contributed by atoms with Crippen molar-refractivity contribution in [2.75, 3.05) is 5.32 Å². The fourth-order valence-electron chi connectivity index (χ4n) is 3.90. The third kappa shape index (κ3) is 3.78. The van der Waals surface area contributed by atoms with E-state index < -0.39 is 4.92 Å². The number of hydrogen-bond donors (Lipinski definition) is 3. The highest BCUT2D eigenvalue weighted by atomic mass is 16.6. The fourth-order valence-corrected chi connectivity index (χ4v) is 3.90. The average molecular weight is 430 g/mol. The normalized spacial score (nSPS) is 14.7. The summed E-state index contributed by atoms with van der Waals surface area (Å²) in [6.07, 6.45) is 1.59. The van der Waals surface area contributed by atoms with Crippen molar-refractivity contribution < 1.29 is 14.5 Å². The number of rotatable bonds is 5. The van der Waals surface area contributed by atoms with Crippen molar-refractivity contribution in [1.29, 1.82) is 0 Å². The van der Waals surface area contributed by atoms with Crippen LogP contribution in [0.3, 0.4) is 0 Å². The molecule has 2 heterocycles. The van der Waals surface area contributed by atoms with Gasteiger partial charge in [-0.25, -0.2) is 0 Å². The zero-order valence-electron chi connectivity index (χ0n) is 17.9. The number of aromatic nitrogens is 1. The Kier molecular flexibility index (Phi) is 5.36. The predicted molar refractivity (Wildman–Crippen MR) is 122 cm³/mol. The molecule has 0 spiro atoms. The topological polar surface area (TPSA) is 117 Å². The van der Waals surface area contributed by atoms with E-state index in [1.54, 1.807) is 38.1 Å². The molecule has 8 heteroatoms. The minimum atomic E-state index is -0.442. The van der Waals surface area contributed by atoms with Crippen molar-refractivity contribution in [2.24, 2.45) is 0 Å². The third-order valence-corrected chi connectivity index (χ3v) is 5.62. The lowest BCUT2D eigenvalue weighted by Gasteiger charge is -2.14.